The second-order valence-corrected chi connectivity index (χ2v) is 32.2. The van der Waals surface area contributed by atoms with Crippen molar-refractivity contribution in [2.45, 2.75) is 304 Å². The van der Waals surface area contributed by atoms with Crippen molar-refractivity contribution in [2.24, 2.45) is 39.9 Å². The number of allylic oxidation sites excluding steroid dienone is 3. The molecule has 3 aliphatic rings. The normalized spacial score (nSPS) is 11.7. The van der Waals surface area contributed by atoms with Gasteiger partial charge in [-0.2, -0.15) is 0 Å². The highest BCUT2D eigenvalue weighted by Gasteiger charge is 2.24. The molecule has 21 heteroatoms. The number of carbonyl (C=O) groups excluding carboxylic acids is 11. The number of aromatic nitrogens is 2. The highest BCUT2D eigenvalue weighted by atomic mass is 16.4. The number of phenols is 1. The number of hydrogen-bond acceptors (Lipinski definition) is 16. The predicted octanol–water partition coefficient (Wildman–Crippen LogP) is 27.3. The van der Waals surface area contributed by atoms with Crippen LogP contribution in [0.25, 0.3) is 49.2 Å². The smallest absolute Gasteiger partial charge is 0.303 e. The maximum atomic E-state index is 11.1. The van der Waals surface area contributed by atoms with Gasteiger partial charge in [0.15, 0.2) is 23.3 Å². The first-order valence-corrected chi connectivity index (χ1v) is 43.6. The van der Waals surface area contributed by atoms with Gasteiger partial charge in [-0.1, -0.05) is 301 Å². The van der Waals surface area contributed by atoms with Gasteiger partial charge in [-0.3, -0.25) is 43.5 Å². The van der Waals surface area contributed by atoms with Crippen molar-refractivity contribution in [3.63, 3.8) is 0 Å². The summed E-state index contributed by atoms with van der Waals surface area (Å²) in [6.45, 7) is 38.4. The van der Waals surface area contributed by atoms with Gasteiger partial charge in [0.05, 0.1) is 12.5 Å². The molecule has 1 saturated heterocycles. The molecule has 0 spiro atoms. The van der Waals surface area contributed by atoms with Gasteiger partial charge in [0.25, 0.3) is 0 Å². The lowest BCUT2D eigenvalue weighted by Crippen LogP contribution is -2.31. The minimum Gasteiger partial charge on any atom is -0.508 e. The molecule has 1 amide bonds. The van der Waals surface area contributed by atoms with E-state index in [2.05, 4.69) is 76.4 Å². The summed E-state index contributed by atoms with van der Waals surface area (Å²) in [4.78, 5) is 137. The number of pyridine rings is 1. The van der Waals surface area contributed by atoms with Crippen molar-refractivity contribution in [3.8, 4) is 5.75 Å². The van der Waals surface area contributed by atoms with Crippen LogP contribution < -0.4 is 22.5 Å². The minimum atomic E-state index is -0.916. The molecule has 1 atom stereocenters. The number of aromatic hydroxyl groups is 1. The van der Waals surface area contributed by atoms with Gasteiger partial charge in [0, 0.05) is 98.0 Å². The number of rotatable bonds is 23. The van der Waals surface area contributed by atoms with Crippen molar-refractivity contribution >= 4 is 125 Å². The Kier molecular flexibility index (Phi) is 86.9. The Morgan fingerprint density at radius 1 is 0.467 bits per heavy atom. The largest absolute Gasteiger partial charge is 0.508 e. The number of aromatic amines is 1. The number of nitrogens with one attached hydrogen (secondary N) is 2. The Hall–Kier alpha value is -12.4. The number of aliphatic carboxylic acids is 1. The highest BCUT2D eigenvalue weighted by molar-refractivity contribution is 6.06. The molecule has 0 bridgehead atoms. The number of Topliss-reactive ketones (excluding diaryl/α,β-unsaturated/α-hetero) is 10. The van der Waals surface area contributed by atoms with Crippen molar-refractivity contribution < 1.29 is 67.7 Å². The number of nitrogens with zero attached hydrogens (tertiary/aromatic N) is 2. The van der Waals surface area contributed by atoms with Gasteiger partial charge in [0.2, 0.25) is 5.91 Å². The zero-order valence-corrected chi connectivity index (χ0v) is 78.1. The number of phenolic OH excluding ortho intramolecular Hbond substituents is 1. The van der Waals surface area contributed by atoms with Crippen LogP contribution in [0.15, 0.2) is 219 Å². The Morgan fingerprint density at radius 2 is 0.926 bits per heavy atom. The summed E-state index contributed by atoms with van der Waals surface area (Å²) in [7, 11) is 0. The first-order chi connectivity index (χ1) is 60.1. The van der Waals surface area contributed by atoms with Crippen LogP contribution in [0.2, 0.25) is 0 Å². The van der Waals surface area contributed by atoms with Crippen molar-refractivity contribution in [3.05, 3.63) is 248 Å². The number of guanidine groups is 1. The Balaban J connectivity index is -0.000000182. The van der Waals surface area contributed by atoms with Crippen LogP contribution in [-0.2, 0) is 54.4 Å². The molecule has 2 saturated carbocycles. The summed E-state index contributed by atoms with van der Waals surface area (Å²) in [6.07, 6.45) is 24.3. The van der Waals surface area contributed by atoms with E-state index in [0.717, 1.165) is 105 Å². The molecule has 2 aromatic heterocycles. The van der Waals surface area contributed by atoms with Crippen LogP contribution in [0, 0.1) is 17.8 Å². The summed E-state index contributed by atoms with van der Waals surface area (Å²) < 4.78 is 0. The van der Waals surface area contributed by atoms with Gasteiger partial charge in [-0.05, 0) is 220 Å². The molecule has 10 N–H and O–H groups in total. The third-order valence-electron chi connectivity index (χ3n) is 19.2. The maximum absolute atomic E-state index is 11.1. The van der Waals surface area contributed by atoms with Crippen molar-refractivity contribution in [1.82, 2.24) is 15.3 Å². The average Bonchev–Trinajstić information content (AvgIpc) is 1.68. The molecule has 750 valence electrons. The van der Waals surface area contributed by atoms with E-state index in [4.69, 9.17) is 27.4 Å². The number of amides is 1. The summed E-state index contributed by atoms with van der Waals surface area (Å²) in [5.74, 6) is 2.99. The summed E-state index contributed by atoms with van der Waals surface area (Å²) in [5, 5.41) is 25.2. The zero-order chi connectivity index (χ0) is 95.8. The minimum absolute atomic E-state index is 0. The highest BCUT2D eigenvalue weighted by Crippen LogP contribution is 2.27. The monoisotopic (exact) mass is 1870 g/mol. The average molecular weight is 1870 g/mol. The Morgan fingerprint density at radius 3 is 1.29 bits per heavy atom. The van der Waals surface area contributed by atoms with E-state index in [0.29, 0.717) is 74.3 Å². The molecular weight excluding hydrogens is 1690 g/mol. The Bertz CT molecular complexity index is 4830. The molecule has 12 rings (SSSR count). The fourth-order valence-corrected chi connectivity index (χ4v) is 12.5. The van der Waals surface area contributed by atoms with Crippen molar-refractivity contribution in [2.75, 3.05) is 13.1 Å². The molecule has 1 aliphatic heterocycles. The number of nitrogens with two attached hydrogens (primary N) is 3. The number of benzene rings is 7. The topological polar surface area (TPSA) is 376 Å². The lowest BCUT2D eigenvalue weighted by atomic mass is 9.86. The maximum Gasteiger partial charge on any atom is 0.303 e. The van der Waals surface area contributed by atoms with E-state index in [-0.39, 0.29) is 136 Å². The van der Waals surface area contributed by atoms with Crippen LogP contribution in [0.3, 0.4) is 0 Å². The molecule has 21 nitrogen and oxygen atoms in total. The number of hydrogen-bond donors (Lipinski definition) is 7. The standard InChI is InChI=1S/C13H12O.C12H10O.C10H9NO.C9H10O.C9H16O.C9H10.C8H9N.C8H14O.C6H13N3O.C6H9NO2.C6H12O.C5H11NO.C5H8O3.8CH4/c1-10(14)8-11-6-7-12-4-2-3-5-13(12)9-11;1-9(13)11-7-6-10-4-2-3-5-12(10)8-11;1-7(12)9-6-11-10-5-3-2-4-8(9)10;1-7(2)8-3-5-9(10)6-4-8;1-8(10)7-9-5-3-2-4-6-9;1-8(2)9-6-4-3-5-7-9;1-7(2)8-4-3-5-9-6-8;1-7(9)8-5-3-2-4-6-8;1-5(10)3-2-4-9-6(7)8;1-4(8)5-2-3-6(9)7-5;1-5(2)4-6(3)7;1-5(7)3-2-4-6;1-4(6)2-3-5(7)8;;;;;;;;/h2-7,9H,8H2,1H3;2-8H,1H3;2-6,11H,1H3;3-6,10H,1H2,2H3;9H,2-7H2,1H3;3-7H,1H2,2H3;3-6H,1H2,2H3;8H,2-6H2,1H3;2-4H2,1H3,(H4,7,8,9);5H,2-3H2,1H3,(H,7,9);5H,4H2,1-3H3;2-4,6H2,1H3;2-3H2,1H3,(H,7,8);8*1H4. The van der Waals surface area contributed by atoms with Crippen LogP contribution in [-0.4, -0.2) is 115 Å². The first kappa shape index (κ1) is 141. The van der Waals surface area contributed by atoms with E-state index >= 15 is 0 Å². The number of H-pyrrole nitrogens is 1. The molecule has 0 radical (unpaired) electrons. The summed E-state index contributed by atoms with van der Waals surface area (Å²) in [5.41, 5.74) is 25.5. The zero-order valence-electron chi connectivity index (χ0n) is 78.1. The van der Waals surface area contributed by atoms with E-state index in [1.807, 2.05) is 168 Å². The second kappa shape index (κ2) is 83.5. The van der Waals surface area contributed by atoms with Gasteiger partial charge in [-0.25, -0.2) is 0 Å². The van der Waals surface area contributed by atoms with Gasteiger partial charge in [0.1, 0.15) is 46.2 Å². The van der Waals surface area contributed by atoms with E-state index in [1.165, 1.54) is 86.9 Å². The molecule has 2 aliphatic carbocycles. The van der Waals surface area contributed by atoms with Crippen LogP contribution in [0.5, 0.6) is 5.75 Å². The van der Waals surface area contributed by atoms with Gasteiger partial charge >= 0.3 is 5.97 Å². The van der Waals surface area contributed by atoms with Crippen LogP contribution in [0.4, 0.5) is 0 Å². The first-order valence-electron chi connectivity index (χ1n) is 43.6. The van der Waals surface area contributed by atoms with E-state index < -0.39 is 5.97 Å². The number of para-hydroxylation sites is 1. The molecule has 3 fully saturated rings. The fourth-order valence-electron chi connectivity index (χ4n) is 12.5. The van der Waals surface area contributed by atoms with Gasteiger partial charge < -0.3 is 61.7 Å². The number of ketones is 10. The van der Waals surface area contributed by atoms with E-state index in [9.17, 15) is 57.5 Å². The van der Waals surface area contributed by atoms with Crippen molar-refractivity contribution in [1.29, 1.82) is 0 Å². The number of fused-ring (bicyclic) bond motifs is 3. The second-order valence-electron chi connectivity index (χ2n) is 32.2. The quantitative estimate of drug-likeness (QED) is 0.0135. The number of carbonyl (C=O) groups is 12. The molecule has 135 heavy (non-hydrogen) atoms. The van der Waals surface area contributed by atoms with Crippen LogP contribution >= 0.6 is 0 Å². The molecule has 3 heterocycles. The number of carboxylic acids is 1. The third kappa shape index (κ3) is 72.8. The fraction of sp³-hybridized carbons (Fsp3) is 0.439. The lowest BCUT2D eigenvalue weighted by Gasteiger charge is -2.19. The summed E-state index contributed by atoms with van der Waals surface area (Å²) >= 11 is 0. The van der Waals surface area contributed by atoms with Crippen LogP contribution in [0.1, 0.15) is 335 Å². The molecule has 9 aromatic rings. The van der Waals surface area contributed by atoms with E-state index in [1.54, 1.807) is 79.9 Å². The summed E-state index contributed by atoms with van der Waals surface area (Å²) in [6, 6.07) is 56.8. The molecular formula is C114H175N7O14. The third-order valence-corrected chi connectivity index (χ3v) is 19.2. The molecule has 7 aromatic carbocycles. The number of carboxylic acid groups (broad SMARTS) is 1. The van der Waals surface area contributed by atoms with Gasteiger partial charge in [-0.15, -0.1) is 0 Å². The SMILES string of the molecule is C.C.C.C.C.C.C.C.C=C(C)c1ccc(O)cc1.C=C(C)c1ccccc1.C=C(C)c1cccnc1.CC(=O)C1CCC(=O)N1.CC(=O)C1CCCCC1.CC(=O)CC(C)C.CC(=O)CC1CCCCC1.CC(=O)CCC(=O)O.CC(=O)CCCN.CC(=O)CCCN=C(N)N.CC(=O)Cc1ccc2ccccc2c1.CC(=O)c1c[nH]c2ccccc12.CC(=O)c1ccc2ccccc2c1. The Labute approximate surface area is 813 Å². The lowest BCUT2D eigenvalue weighted by molar-refractivity contribution is -0.138. The molecule has 1 unspecified atom stereocenters. The number of aliphatic imine (C=N–C) groups is 1. The predicted molar refractivity (Wildman–Crippen MR) is 576 cm³/mol.